The number of ether oxygens (including phenoxy) is 1. The molecule has 144 valence electrons. The first-order valence-corrected chi connectivity index (χ1v) is 9.19. The van der Waals surface area contributed by atoms with Crippen molar-refractivity contribution in [2.45, 2.75) is 32.4 Å². The third-order valence-corrected chi connectivity index (χ3v) is 4.85. The van der Waals surface area contributed by atoms with Crippen LogP contribution < -0.4 is 5.32 Å². The van der Waals surface area contributed by atoms with Gasteiger partial charge in [-0.25, -0.2) is 0 Å². The van der Waals surface area contributed by atoms with E-state index < -0.39 is 5.92 Å². The van der Waals surface area contributed by atoms with E-state index in [-0.39, 0.29) is 30.8 Å². The smallest absolute Gasteiger partial charge is 0.226 e. The Morgan fingerprint density at radius 2 is 2.15 bits per heavy atom. The molecule has 0 radical (unpaired) electrons. The quantitative estimate of drug-likeness (QED) is 0.768. The Kier molecular flexibility index (Phi) is 6.24. The summed E-state index contributed by atoms with van der Waals surface area (Å²) in [5.74, 6) is -0.0390. The number of carbonyl (C=O) groups excluding carboxylic acids is 2. The molecule has 0 unspecified atom stereocenters. The molecule has 0 aliphatic carbocycles. The van der Waals surface area contributed by atoms with E-state index in [4.69, 9.17) is 9.26 Å². The van der Waals surface area contributed by atoms with E-state index in [1.54, 1.807) is 12.0 Å². The van der Waals surface area contributed by atoms with Gasteiger partial charge in [-0.1, -0.05) is 42.4 Å². The van der Waals surface area contributed by atoms with Crippen molar-refractivity contribution in [3.8, 4) is 0 Å². The van der Waals surface area contributed by atoms with Gasteiger partial charge in [0.15, 0.2) is 5.76 Å². The molecular weight excluding hydrogens is 346 g/mol. The van der Waals surface area contributed by atoms with Crippen molar-refractivity contribution in [1.29, 1.82) is 0 Å². The molecule has 27 heavy (non-hydrogen) atoms. The van der Waals surface area contributed by atoms with Crippen LogP contribution in [-0.2, 0) is 27.3 Å². The number of methoxy groups -OCH3 is 1. The first-order valence-electron chi connectivity index (χ1n) is 9.19. The number of amides is 2. The number of hydrogen-bond donors (Lipinski definition) is 1. The van der Waals surface area contributed by atoms with Gasteiger partial charge in [-0.05, 0) is 12.0 Å². The van der Waals surface area contributed by atoms with Crippen LogP contribution in [0.1, 0.15) is 36.4 Å². The predicted molar refractivity (Wildman–Crippen MR) is 98.6 cm³/mol. The molecule has 2 atom stereocenters. The van der Waals surface area contributed by atoms with Crippen molar-refractivity contribution in [2.24, 2.45) is 5.92 Å². The average molecular weight is 371 g/mol. The van der Waals surface area contributed by atoms with E-state index >= 15 is 0 Å². The maximum Gasteiger partial charge on any atom is 0.226 e. The van der Waals surface area contributed by atoms with E-state index in [1.165, 1.54) is 0 Å². The van der Waals surface area contributed by atoms with Crippen molar-refractivity contribution in [1.82, 2.24) is 15.4 Å². The SMILES string of the molecule is CCc1cc(CNC(=O)[C@@H]2CC(=O)N(CCOC)[C@H]2c2ccccc2)on1. The fourth-order valence-electron chi connectivity index (χ4n) is 3.45. The second-order valence-electron chi connectivity index (χ2n) is 6.60. The number of benzene rings is 1. The van der Waals surface area contributed by atoms with Gasteiger partial charge in [0.2, 0.25) is 11.8 Å². The summed E-state index contributed by atoms with van der Waals surface area (Å²) in [5, 5.41) is 6.82. The standard InChI is InChI=1S/C20H25N3O4/c1-3-15-11-16(27-22-15)13-21-20(25)17-12-18(24)23(9-10-26-2)19(17)14-7-5-4-6-8-14/h4-8,11,17,19H,3,9-10,12-13H2,1-2H3,(H,21,25)/t17-,19+/m1/s1. The van der Waals surface area contributed by atoms with Crippen LogP contribution >= 0.6 is 0 Å². The summed E-state index contributed by atoms with van der Waals surface area (Å²) < 4.78 is 10.4. The first-order chi connectivity index (χ1) is 13.1. The average Bonchev–Trinajstić information content (AvgIpc) is 3.29. The number of aryl methyl sites for hydroxylation is 1. The van der Waals surface area contributed by atoms with E-state index in [1.807, 2.05) is 43.3 Å². The normalized spacial score (nSPS) is 19.5. The van der Waals surface area contributed by atoms with Gasteiger partial charge < -0.3 is 19.5 Å². The lowest BCUT2D eigenvalue weighted by atomic mass is 9.92. The van der Waals surface area contributed by atoms with Crippen LogP contribution in [0.4, 0.5) is 0 Å². The van der Waals surface area contributed by atoms with Crippen LogP contribution in [0.15, 0.2) is 40.9 Å². The van der Waals surface area contributed by atoms with E-state index in [0.29, 0.717) is 18.9 Å². The fraction of sp³-hybridized carbons (Fsp3) is 0.450. The molecule has 1 aliphatic heterocycles. The van der Waals surface area contributed by atoms with E-state index in [9.17, 15) is 9.59 Å². The number of rotatable bonds is 8. The second kappa shape index (κ2) is 8.81. The zero-order valence-corrected chi connectivity index (χ0v) is 15.7. The summed E-state index contributed by atoms with van der Waals surface area (Å²) in [5.41, 5.74) is 1.80. The predicted octanol–water partition coefficient (Wildman–Crippen LogP) is 2.09. The molecule has 0 spiro atoms. The Morgan fingerprint density at radius 3 is 2.81 bits per heavy atom. The maximum absolute atomic E-state index is 12.9. The Hall–Kier alpha value is -2.67. The van der Waals surface area contributed by atoms with Crippen molar-refractivity contribution in [3.05, 3.63) is 53.4 Å². The fourth-order valence-corrected chi connectivity index (χ4v) is 3.45. The Morgan fingerprint density at radius 1 is 1.37 bits per heavy atom. The lowest BCUT2D eigenvalue weighted by Crippen LogP contribution is -2.36. The van der Waals surface area contributed by atoms with Gasteiger partial charge in [0, 0.05) is 26.1 Å². The molecule has 2 aromatic rings. The van der Waals surface area contributed by atoms with Crippen LogP contribution in [-0.4, -0.2) is 42.1 Å². The number of nitrogens with zero attached hydrogens (tertiary/aromatic N) is 2. The molecule has 1 aliphatic rings. The third kappa shape index (κ3) is 4.36. The molecule has 1 saturated heterocycles. The lowest BCUT2D eigenvalue weighted by Gasteiger charge is -2.28. The van der Waals surface area contributed by atoms with E-state index in [0.717, 1.165) is 17.7 Å². The zero-order chi connectivity index (χ0) is 19.2. The topological polar surface area (TPSA) is 84.7 Å². The highest BCUT2D eigenvalue weighted by molar-refractivity contribution is 5.90. The number of aromatic nitrogens is 1. The molecule has 2 heterocycles. The van der Waals surface area contributed by atoms with Gasteiger partial charge in [-0.2, -0.15) is 0 Å². The third-order valence-electron chi connectivity index (χ3n) is 4.85. The van der Waals surface area contributed by atoms with Gasteiger partial charge in [0.1, 0.15) is 0 Å². The molecule has 1 N–H and O–H groups in total. The van der Waals surface area contributed by atoms with Crippen LogP contribution in [0, 0.1) is 5.92 Å². The maximum atomic E-state index is 12.9. The number of likely N-dealkylation sites (tertiary alicyclic amines) is 1. The van der Waals surface area contributed by atoms with Gasteiger partial charge in [0.05, 0.1) is 30.8 Å². The van der Waals surface area contributed by atoms with Crippen LogP contribution in [0.3, 0.4) is 0 Å². The first kappa shape index (κ1) is 19.1. The summed E-state index contributed by atoms with van der Waals surface area (Å²) in [4.78, 5) is 27.2. The summed E-state index contributed by atoms with van der Waals surface area (Å²) in [6.07, 6.45) is 0.963. The molecule has 2 amide bonds. The molecule has 3 rings (SSSR count). The molecule has 0 saturated carbocycles. The Bertz CT molecular complexity index is 775. The summed E-state index contributed by atoms with van der Waals surface area (Å²) in [6, 6.07) is 11.2. The van der Waals surface area contributed by atoms with Gasteiger partial charge >= 0.3 is 0 Å². The van der Waals surface area contributed by atoms with Crippen molar-refractivity contribution in [2.75, 3.05) is 20.3 Å². The van der Waals surface area contributed by atoms with Gasteiger partial charge in [0.25, 0.3) is 0 Å². The molecular formula is C20H25N3O4. The molecule has 1 aromatic carbocycles. The molecule has 7 nitrogen and oxygen atoms in total. The van der Waals surface area contributed by atoms with Crippen molar-refractivity contribution < 1.29 is 18.8 Å². The minimum atomic E-state index is -0.453. The number of carbonyl (C=O) groups is 2. The summed E-state index contributed by atoms with van der Waals surface area (Å²) in [6.45, 7) is 3.14. The molecule has 1 aromatic heterocycles. The number of hydrogen-bond acceptors (Lipinski definition) is 5. The van der Waals surface area contributed by atoms with Gasteiger partial charge in [-0.3, -0.25) is 9.59 Å². The molecule has 7 heteroatoms. The Labute approximate surface area is 158 Å². The molecule has 1 fully saturated rings. The van der Waals surface area contributed by atoms with Crippen LogP contribution in [0.2, 0.25) is 0 Å². The minimum absolute atomic E-state index is 0.0333. The zero-order valence-electron chi connectivity index (χ0n) is 15.7. The highest BCUT2D eigenvalue weighted by Gasteiger charge is 2.44. The largest absolute Gasteiger partial charge is 0.383 e. The van der Waals surface area contributed by atoms with Crippen LogP contribution in [0.5, 0.6) is 0 Å². The van der Waals surface area contributed by atoms with Crippen molar-refractivity contribution in [3.63, 3.8) is 0 Å². The number of nitrogens with one attached hydrogen (secondary N) is 1. The molecule has 0 bridgehead atoms. The van der Waals surface area contributed by atoms with E-state index in [2.05, 4.69) is 10.5 Å². The summed E-state index contributed by atoms with van der Waals surface area (Å²) in [7, 11) is 1.60. The highest BCUT2D eigenvalue weighted by Crippen LogP contribution is 2.38. The minimum Gasteiger partial charge on any atom is -0.383 e. The van der Waals surface area contributed by atoms with Crippen molar-refractivity contribution >= 4 is 11.8 Å². The second-order valence-corrected chi connectivity index (χ2v) is 6.60. The lowest BCUT2D eigenvalue weighted by molar-refractivity contribution is -0.129. The van der Waals surface area contributed by atoms with Crippen LogP contribution in [0.25, 0.3) is 0 Å². The summed E-state index contributed by atoms with van der Waals surface area (Å²) >= 11 is 0. The highest BCUT2D eigenvalue weighted by atomic mass is 16.5. The van der Waals surface area contributed by atoms with Gasteiger partial charge in [-0.15, -0.1) is 0 Å². The Balaban J connectivity index is 1.74. The monoisotopic (exact) mass is 371 g/mol.